The molecular weight excluding hydrogens is 350 g/mol. The van der Waals surface area contributed by atoms with Gasteiger partial charge in [-0.25, -0.2) is 4.52 Å². The summed E-state index contributed by atoms with van der Waals surface area (Å²) >= 11 is 1.47. The van der Waals surface area contributed by atoms with E-state index in [1.807, 2.05) is 49.6 Å². The van der Waals surface area contributed by atoms with Crippen LogP contribution in [-0.4, -0.2) is 43.9 Å². The molecule has 1 aliphatic heterocycles. The highest BCUT2D eigenvalue weighted by atomic mass is 32.1. The van der Waals surface area contributed by atoms with Crippen LogP contribution in [0.2, 0.25) is 0 Å². The Morgan fingerprint density at radius 1 is 1.31 bits per heavy atom. The van der Waals surface area contributed by atoms with Gasteiger partial charge in [-0.3, -0.25) is 14.9 Å². The number of hydrogen-bond donors (Lipinski definition) is 1. The number of thiazole rings is 1. The lowest BCUT2D eigenvalue weighted by Crippen LogP contribution is -2.33. The van der Waals surface area contributed by atoms with Gasteiger partial charge in [0.2, 0.25) is 22.7 Å². The third kappa shape index (κ3) is 2.96. The molecule has 1 saturated heterocycles. The molecule has 8 heteroatoms. The molecule has 4 rings (SSSR count). The van der Waals surface area contributed by atoms with Crippen molar-refractivity contribution in [2.24, 2.45) is 5.92 Å². The number of carbonyl (C=O) groups excluding carboxylic acids is 2. The van der Waals surface area contributed by atoms with Crippen molar-refractivity contribution in [2.75, 3.05) is 11.9 Å². The van der Waals surface area contributed by atoms with Crippen LogP contribution in [0.5, 0.6) is 0 Å². The summed E-state index contributed by atoms with van der Waals surface area (Å²) in [4.78, 5) is 31.3. The van der Waals surface area contributed by atoms with Crippen LogP contribution in [0, 0.1) is 5.92 Å². The molecule has 0 bridgehead atoms. The predicted octanol–water partition coefficient (Wildman–Crippen LogP) is 2.65. The van der Waals surface area contributed by atoms with E-state index in [2.05, 4.69) is 15.4 Å². The van der Waals surface area contributed by atoms with Gasteiger partial charge in [0.15, 0.2) is 0 Å². The summed E-state index contributed by atoms with van der Waals surface area (Å²) in [5.74, 6) is -0.277. The smallest absolute Gasteiger partial charge is 0.250 e. The summed E-state index contributed by atoms with van der Waals surface area (Å²) in [6.45, 7) is 4.35. The van der Waals surface area contributed by atoms with E-state index in [1.54, 1.807) is 9.42 Å². The molecule has 1 N–H and O–H groups in total. The lowest BCUT2D eigenvalue weighted by molar-refractivity contribution is -0.129. The monoisotopic (exact) mass is 369 g/mol. The first-order valence-electron chi connectivity index (χ1n) is 8.53. The van der Waals surface area contributed by atoms with Crippen LogP contribution in [0.4, 0.5) is 5.95 Å². The van der Waals surface area contributed by atoms with Crippen molar-refractivity contribution in [1.29, 1.82) is 0 Å². The normalized spacial score (nSPS) is 17.4. The third-order valence-corrected chi connectivity index (χ3v) is 5.35. The second-order valence-corrected chi connectivity index (χ2v) is 7.48. The summed E-state index contributed by atoms with van der Waals surface area (Å²) in [6.07, 6.45) is 0.238. The van der Waals surface area contributed by atoms with Crippen LogP contribution >= 0.6 is 11.3 Å². The number of hydrogen-bond acceptors (Lipinski definition) is 5. The average Bonchev–Trinajstić information content (AvgIpc) is 3.29. The van der Waals surface area contributed by atoms with E-state index < -0.39 is 0 Å². The van der Waals surface area contributed by atoms with Gasteiger partial charge in [0.05, 0.1) is 11.6 Å². The van der Waals surface area contributed by atoms with Crippen molar-refractivity contribution < 1.29 is 9.59 Å². The predicted molar refractivity (Wildman–Crippen MR) is 99.9 cm³/mol. The van der Waals surface area contributed by atoms with Gasteiger partial charge in [0.25, 0.3) is 0 Å². The number of aromatic nitrogens is 3. The van der Waals surface area contributed by atoms with Crippen molar-refractivity contribution in [2.45, 2.75) is 26.3 Å². The van der Waals surface area contributed by atoms with E-state index in [1.165, 1.54) is 11.3 Å². The third-order valence-electron chi connectivity index (χ3n) is 4.54. The highest BCUT2D eigenvalue weighted by Crippen LogP contribution is 2.26. The fourth-order valence-corrected chi connectivity index (χ4v) is 3.99. The Morgan fingerprint density at radius 2 is 2.08 bits per heavy atom. The lowest BCUT2D eigenvalue weighted by Gasteiger charge is -2.20. The molecule has 26 heavy (non-hydrogen) atoms. The molecular formula is C18H19N5O2S. The van der Waals surface area contributed by atoms with Gasteiger partial charge >= 0.3 is 0 Å². The maximum Gasteiger partial charge on any atom is 0.250 e. The zero-order chi connectivity index (χ0) is 18.3. The first-order chi connectivity index (χ1) is 12.5. The van der Waals surface area contributed by atoms with Gasteiger partial charge in [0.1, 0.15) is 0 Å². The van der Waals surface area contributed by atoms with Crippen LogP contribution in [0.25, 0.3) is 16.2 Å². The minimum atomic E-state index is -0.361. The Morgan fingerprint density at radius 3 is 2.77 bits per heavy atom. The highest BCUT2D eigenvalue weighted by Gasteiger charge is 2.35. The number of rotatable bonds is 4. The average molecular weight is 369 g/mol. The fraction of sp³-hybridized carbons (Fsp3) is 0.333. The Labute approximate surface area is 154 Å². The SMILES string of the molecule is CC(C)N1CC(C(=O)Nc2nc3scc(-c4ccccc4)n3n2)CC1=O. The second-order valence-electron chi connectivity index (χ2n) is 6.65. The number of benzene rings is 1. The van der Waals surface area contributed by atoms with Crippen molar-refractivity contribution in [1.82, 2.24) is 19.5 Å². The van der Waals surface area contributed by atoms with E-state index in [0.29, 0.717) is 11.5 Å². The minimum Gasteiger partial charge on any atom is -0.339 e. The quantitative estimate of drug-likeness (QED) is 0.767. The molecule has 0 spiro atoms. The zero-order valence-corrected chi connectivity index (χ0v) is 15.4. The van der Waals surface area contributed by atoms with Gasteiger partial charge < -0.3 is 4.90 Å². The summed E-state index contributed by atoms with van der Waals surface area (Å²) in [5, 5.41) is 9.18. The molecule has 7 nitrogen and oxygen atoms in total. The number of fused-ring (bicyclic) bond motifs is 1. The van der Waals surface area contributed by atoms with E-state index in [-0.39, 0.29) is 36.1 Å². The molecule has 3 heterocycles. The van der Waals surface area contributed by atoms with Crippen molar-refractivity contribution in [3.05, 3.63) is 35.7 Å². The highest BCUT2D eigenvalue weighted by molar-refractivity contribution is 7.15. The number of carbonyl (C=O) groups is 2. The van der Waals surface area contributed by atoms with Gasteiger partial charge in [-0.05, 0) is 13.8 Å². The zero-order valence-electron chi connectivity index (χ0n) is 14.5. The van der Waals surface area contributed by atoms with Crippen molar-refractivity contribution in [3.8, 4) is 11.3 Å². The topological polar surface area (TPSA) is 79.6 Å². The molecule has 3 aromatic rings. The number of likely N-dealkylation sites (tertiary alicyclic amines) is 1. The van der Waals surface area contributed by atoms with Gasteiger partial charge in [-0.2, -0.15) is 4.98 Å². The van der Waals surface area contributed by atoms with Gasteiger partial charge in [-0.15, -0.1) is 16.4 Å². The summed E-state index contributed by atoms with van der Waals surface area (Å²) in [5.41, 5.74) is 1.97. The van der Waals surface area contributed by atoms with Crippen LogP contribution in [-0.2, 0) is 9.59 Å². The molecule has 1 fully saturated rings. The summed E-state index contributed by atoms with van der Waals surface area (Å²) in [6, 6.07) is 10.0. The first-order valence-corrected chi connectivity index (χ1v) is 9.41. The molecule has 1 unspecified atom stereocenters. The van der Waals surface area contributed by atoms with Crippen LogP contribution < -0.4 is 5.32 Å². The molecule has 0 radical (unpaired) electrons. The number of amides is 2. The largest absolute Gasteiger partial charge is 0.339 e. The first kappa shape index (κ1) is 16.7. The molecule has 134 valence electrons. The standard InChI is InChI=1S/C18H19N5O2S/c1-11(2)22-9-13(8-15(22)24)16(25)19-17-20-18-23(21-17)14(10-26-18)12-6-4-3-5-7-12/h3-7,10-11,13H,8-9H2,1-2H3,(H,19,21,25). The number of nitrogens with zero attached hydrogens (tertiary/aromatic N) is 4. The second kappa shape index (κ2) is 6.53. The maximum absolute atomic E-state index is 12.5. The van der Waals surface area contributed by atoms with Gasteiger partial charge in [-0.1, -0.05) is 30.3 Å². The molecule has 1 atom stereocenters. The summed E-state index contributed by atoms with van der Waals surface area (Å²) in [7, 11) is 0. The Bertz CT molecular complexity index is 963. The van der Waals surface area contributed by atoms with Gasteiger partial charge in [0, 0.05) is 30.0 Å². The van der Waals surface area contributed by atoms with Crippen LogP contribution in [0.15, 0.2) is 35.7 Å². The van der Waals surface area contributed by atoms with E-state index in [4.69, 9.17) is 0 Å². The molecule has 0 saturated carbocycles. The molecule has 0 aliphatic carbocycles. The van der Waals surface area contributed by atoms with E-state index in [9.17, 15) is 9.59 Å². The molecule has 2 amide bonds. The Hall–Kier alpha value is -2.74. The van der Waals surface area contributed by atoms with Crippen LogP contribution in [0.3, 0.4) is 0 Å². The lowest BCUT2D eigenvalue weighted by atomic mass is 10.1. The minimum absolute atomic E-state index is 0.0188. The number of anilines is 1. The van der Waals surface area contributed by atoms with E-state index in [0.717, 1.165) is 11.3 Å². The molecule has 1 aliphatic rings. The van der Waals surface area contributed by atoms with Crippen molar-refractivity contribution >= 4 is 34.1 Å². The Balaban J connectivity index is 1.52. The van der Waals surface area contributed by atoms with E-state index >= 15 is 0 Å². The van der Waals surface area contributed by atoms with Crippen LogP contribution in [0.1, 0.15) is 20.3 Å². The molecule has 1 aromatic carbocycles. The van der Waals surface area contributed by atoms with Crippen molar-refractivity contribution in [3.63, 3.8) is 0 Å². The summed E-state index contributed by atoms with van der Waals surface area (Å²) < 4.78 is 1.73. The fourth-order valence-electron chi connectivity index (χ4n) is 3.16. The number of nitrogens with one attached hydrogen (secondary N) is 1. The Kier molecular flexibility index (Phi) is 4.20. The maximum atomic E-state index is 12.5. The molecule has 2 aromatic heterocycles.